The van der Waals surface area contributed by atoms with Crippen LogP contribution in [0.5, 0.6) is 11.5 Å². The lowest BCUT2D eigenvalue weighted by molar-refractivity contribution is 0.0627. The van der Waals surface area contributed by atoms with Crippen molar-refractivity contribution in [1.29, 1.82) is 0 Å². The van der Waals surface area contributed by atoms with Gasteiger partial charge < -0.3 is 14.4 Å². The van der Waals surface area contributed by atoms with Crippen molar-refractivity contribution in [1.82, 2.24) is 9.80 Å². The van der Waals surface area contributed by atoms with Crippen molar-refractivity contribution in [3.8, 4) is 22.6 Å². The molecule has 5 heteroatoms. The predicted octanol–water partition coefficient (Wildman–Crippen LogP) is 4.33. The average molecular weight is 417 g/mol. The van der Waals surface area contributed by atoms with E-state index in [1.54, 1.807) is 14.2 Å². The zero-order valence-electron chi connectivity index (χ0n) is 18.1. The molecule has 0 N–H and O–H groups in total. The summed E-state index contributed by atoms with van der Waals surface area (Å²) >= 11 is 0. The molecule has 4 rings (SSSR count). The lowest BCUT2D eigenvalue weighted by Gasteiger charge is -2.35. The van der Waals surface area contributed by atoms with Gasteiger partial charge in [0, 0.05) is 49.9 Å². The minimum Gasteiger partial charge on any atom is -0.497 e. The minimum atomic E-state index is 0.0984. The van der Waals surface area contributed by atoms with E-state index in [1.165, 1.54) is 0 Å². The number of hydrogen-bond acceptors (Lipinski definition) is 4. The highest BCUT2D eigenvalue weighted by Gasteiger charge is 2.23. The molecule has 5 nitrogen and oxygen atoms in total. The summed E-state index contributed by atoms with van der Waals surface area (Å²) in [6.07, 6.45) is 0. The number of rotatable bonds is 6. The number of nitrogens with zero attached hydrogens (tertiary/aromatic N) is 2. The maximum absolute atomic E-state index is 13.0. The molecule has 0 atom stereocenters. The Labute approximate surface area is 183 Å². The van der Waals surface area contributed by atoms with Gasteiger partial charge in [0.25, 0.3) is 5.91 Å². The Bertz CT molecular complexity index is 1010. The molecule has 0 radical (unpaired) electrons. The Kier molecular flexibility index (Phi) is 6.53. The highest BCUT2D eigenvalue weighted by atomic mass is 16.5. The van der Waals surface area contributed by atoms with Gasteiger partial charge in [-0.1, -0.05) is 48.5 Å². The molecule has 0 bridgehead atoms. The van der Waals surface area contributed by atoms with Gasteiger partial charge in [0.15, 0.2) is 0 Å². The summed E-state index contributed by atoms with van der Waals surface area (Å²) in [7, 11) is 3.33. The van der Waals surface area contributed by atoms with Gasteiger partial charge in [0.1, 0.15) is 11.5 Å². The molecule has 0 aliphatic carbocycles. The van der Waals surface area contributed by atoms with Gasteiger partial charge in [-0.2, -0.15) is 0 Å². The number of benzene rings is 3. The highest BCUT2D eigenvalue weighted by molar-refractivity contribution is 5.94. The first kappa shape index (κ1) is 20.9. The molecular formula is C26H28N2O3. The van der Waals surface area contributed by atoms with Crippen LogP contribution in [-0.2, 0) is 6.54 Å². The van der Waals surface area contributed by atoms with E-state index < -0.39 is 0 Å². The van der Waals surface area contributed by atoms with Crippen molar-refractivity contribution in [3.63, 3.8) is 0 Å². The smallest absolute Gasteiger partial charge is 0.253 e. The zero-order valence-corrected chi connectivity index (χ0v) is 18.1. The third-order valence-corrected chi connectivity index (χ3v) is 5.79. The summed E-state index contributed by atoms with van der Waals surface area (Å²) in [5.74, 6) is 1.71. The van der Waals surface area contributed by atoms with Gasteiger partial charge >= 0.3 is 0 Å². The van der Waals surface area contributed by atoms with E-state index >= 15 is 0 Å². The van der Waals surface area contributed by atoms with E-state index in [0.717, 1.165) is 66.5 Å². The topological polar surface area (TPSA) is 42.0 Å². The molecule has 1 fully saturated rings. The monoisotopic (exact) mass is 416 g/mol. The summed E-state index contributed by atoms with van der Waals surface area (Å²) in [6, 6.07) is 24.0. The zero-order chi connectivity index (χ0) is 21.6. The SMILES string of the molecule is COc1ccc(CN2CCN(C(=O)c3ccc(-c4ccccc4)cc3)CC2)c(OC)c1. The van der Waals surface area contributed by atoms with E-state index in [2.05, 4.69) is 17.0 Å². The molecule has 31 heavy (non-hydrogen) atoms. The third-order valence-electron chi connectivity index (χ3n) is 5.79. The normalized spacial score (nSPS) is 14.3. The Morgan fingerprint density at radius 3 is 2.13 bits per heavy atom. The van der Waals surface area contributed by atoms with Crippen molar-refractivity contribution in [3.05, 3.63) is 83.9 Å². The number of carbonyl (C=O) groups is 1. The number of amides is 1. The summed E-state index contributed by atoms with van der Waals surface area (Å²) in [5.41, 5.74) is 4.14. The summed E-state index contributed by atoms with van der Waals surface area (Å²) in [4.78, 5) is 17.3. The molecule has 1 aliphatic heterocycles. The Morgan fingerprint density at radius 2 is 1.48 bits per heavy atom. The van der Waals surface area contributed by atoms with Crippen molar-refractivity contribution < 1.29 is 14.3 Å². The molecule has 3 aromatic carbocycles. The fourth-order valence-electron chi connectivity index (χ4n) is 3.95. The molecule has 1 amide bonds. The maximum atomic E-state index is 13.0. The van der Waals surface area contributed by atoms with Gasteiger partial charge in [-0.05, 0) is 29.3 Å². The summed E-state index contributed by atoms with van der Waals surface area (Å²) < 4.78 is 10.8. The van der Waals surface area contributed by atoms with E-state index in [9.17, 15) is 4.79 Å². The first-order valence-electron chi connectivity index (χ1n) is 10.6. The van der Waals surface area contributed by atoms with Gasteiger partial charge in [0.2, 0.25) is 0 Å². The fraction of sp³-hybridized carbons (Fsp3) is 0.269. The second kappa shape index (κ2) is 9.67. The van der Waals surface area contributed by atoms with Crippen LogP contribution in [0.4, 0.5) is 0 Å². The molecule has 0 unspecified atom stereocenters. The fourth-order valence-corrected chi connectivity index (χ4v) is 3.95. The van der Waals surface area contributed by atoms with E-state index in [4.69, 9.17) is 9.47 Å². The van der Waals surface area contributed by atoms with Crippen LogP contribution in [0.2, 0.25) is 0 Å². The summed E-state index contributed by atoms with van der Waals surface area (Å²) in [5, 5.41) is 0. The van der Waals surface area contributed by atoms with Crippen LogP contribution in [-0.4, -0.2) is 56.1 Å². The van der Waals surface area contributed by atoms with Crippen LogP contribution in [0.25, 0.3) is 11.1 Å². The lowest BCUT2D eigenvalue weighted by atomic mass is 10.0. The first-order chi connectivity index (χ1) is 15.2. The van der Waals surface area contributed by atoms with E-state index in [1.807, 2.05) is 65.6 Å². The maximum Gasteiger partial charge on any atom is 0.253 e. The minimum absolute atomic E-state index is 0.0984. The van der Waals surface area contributed by atoms with Gasteiger partial charge in [-0.3, -0.25) is 9.69 Å². The van der Waals surface area contributed by atoms with Gasteiger partial charge in [0.05, 0.1) is 14.2 Å². The molecule has 0 spiro atoms. The molecule has 1 saturated heterocycles. The number of carbonyl (C=O) groups excluding carboxylic acids is 1. The Hall–Kier alpha value is -3.31. The second-order valence-electron chi connectivity index (χ2n) is 7.69. The Balaban J connectivity index is 1.35. The molecule has 1 heterocycles. The van der Waals surface area contributed by atoms with Crippen molar-refractivity contribution in [2.75, 3.05) is 40.4 Å². The quantitative estimate of drug-likeness (QED) is 0.600. The van der Waals surface area contributed by atoms with Crippen LogP contribution >= 0.6 is 0 Å². The number of piperazine rings is 1. The van der Waals surface area contributed by atoms with E-state index in [0.29, 0.717) is 0 Å². The first-order valence-corrected chi connectivity index (χ1v) is 10.6. The predicted molar refractivity (Wildman–Crippen MR) is 123 cm³/mol. The number of ether oxygens (including phenoxy) is 2. The molecule has 0 aromatic heterocycles. The molecule has 0 saturated carbocycles. The van der Waals surface area contributed by atoms with Crippen LogP contribution in [0, 0.1) is 0 Å². The lowest BCUT2D eigenvalue weighted by Crippen LogP contribution is -2.48. The number of hydrogen-bond donors (Lipinski definition) is 0. The van der Waals surface area contributed by atoms with Crippen molar-refractivity contribution >= 4 is 5.91 Å². The largest absolute Gasteiger partial charge is 0.497 e. The standard InChI is InChI=1S/C26H28N2O3/c1-30-24-13-12-23(25(18-24)31-2)19-27-14-16-28(17-15-27)26(29)22-10-8-21(9-11-22)20-6-4-3-5-7-20/h3-13,18H,14-17,19H2,1-2H3. The molecule has 160 valence electrons. The van der Waals surface area contributed by atoms with Gasteiger partial charge in [-0.25, -0.2) is 0 Å². The van der Waals surface area contributed by atoms with Gasteiger partial charge in [-0.15, -0.1) is 0 Å². The molecule has 3 aromatic rings. The summed E-state index contributed by atoms with van der Waals surface area (Å²) in [6.45, 7) is 3.91. The highest BCUT2D eigenvalue weighted by Crippen LogP contribution is 2.26. The van der Waals surface area contributed by atoms with Crippen molar-refractivity contribution in [2.45, 2.75) is 6.54 Å². The average Bonchev–Trinajstić information content (AvgIpc) is 2.85. The molecule has 1 aliphatic rings. The van der Waals surface area contributed by atoms with E-state index in [-0.39, 0.29) is 5.91 Å². The van der Waals surface area contributed by atoms with Crippen LogP contribution in [0.1, 0.15) is 15.9 Å². The Morgan fingerprint density at radius 1 is 0.806 bits per heavy atom. The molecular weight excluding hydrogens is 388 g/mol. The van der Waals surface area contributed by atoms with Crippen LogP contribution in [0.15, 0.2) is 72.8 Å². The second-order valence-corrected chi connectivity index (χ2v) is 7.69. The number of methoxy groups -OCH3 is 2. The third kappa shape index (κ3) is 4.89. The van der Waals surface area contributed by atoms with Crippen LogP contribution < -0.4 is 9.47 Å². The van der Waals surface area contributed by atoms with Crippen LogP contribution in [0.3, 0.4) is 0 Å². The van der Waals surface area contributed by atoms with Crippen molar-refractivity contribution in [2.24, 2.45) is 0 Å².